The topological polar surface area (TPSA) is 15.3 Å². The predicted molar refractivity (Wildman–Crippen MR) is 99.5 cm³/mol. The minimum atomic E-state index is 0.351. The van der Waals surface area contributed by atoms with E-state index in [9.17, 15) is 0 Å². The molecule has 0 amide bonds. The molecule has 1 fully saturated rings. The van der Waals surface area contributed by atoms with Gasteiger partial charge < -0.3 is 5.32 Å². The molecule has 0 saturated carbocycles. The van der Waals surface area contributed by atoms with Crippen molar-refractivity contribution in [3.05, 3.63) is 0 Å². The maximum absolute atomic E-state index is 3.67. The van der Waals surface area contributed by atoms with Crippen LogP contribution in [0.3, 0.4) is 0 Å². The predicted octanol–water partition coefficient (Wildman–Crippen LogP) is 5.23. The second-order valence-corrected chi connectivity index (χ2v) is 8.29. The van der Waals surface area contributed by atoms with Crippen molar-refractivity contribution in [2.45, 2.75) is 97.4 Å². The fraction of sp³-hybridized carbons (Fsp3) is 1.00. The Bertz CT molecular complexity index is 257. The highest BCUT2D eigenvalue weighted by Gasteiger charge is 2.27. The molecule has 1 aliphatic rings. The lowest BCUT2D eigenvalue weighted by atomic mass is 9.91. The van der Waals surface area contributed by atoms with Crippen LogP contribution in [0.2, 0.25) is 0 Å². The lowest BCUT2D eigenvalue weighted by molar-refractivity contribution is 0.0763. The van der Waals surface area contributed by atoms with Crippen LogP contribution >= 0.6 is 0 Å². The Morgan fingerprint density at radius 2 is 1.64 bits per heavy atom. The third-order valence-corrected chi connectivity index (χ3v) is 5.15. The summed E-state index contributed by atoms with van der Waals surface area (Å²) < 4.78 is 0. The van der Waals surface area contributed by atoms with Crippen LogP contribution in [-0.4, -0.2) is 36.6 Å². The minimum absolute atomic E-state index is 0.351. The zero-order chi connectivity index (χ0) is 16.3. The number of unbranched alkanes of at least 4 members (excludes halogenated alkanes) is 6. The molecule has 22 heavy (non-hydrogen) atoms. The lowest BCUT2D eigenvalue weighted by Gasteiger charge is -2.41. The van der Waals surface area contributed by atoms with Crippen molar-refractivity contribution < 1.29 is 0 Å². The summed E-state index contributed by atoms with van der Waals surface area (Å²) in [5.41, 5.74) is 0.351. The van der Waals surface area contributed by atoms with Gasteiger partial charge in [0.05, 0.1) is 0 Å². The van der Waals surface area contributed by atoms with E-state index in [0.717, 1.165) is 5.92 Å². The molecule has 1 N–H and O–H groups in total. The molecule has 0 bridgehead atoms. The maximum Gasteiger partial charge on any atom is 0.0125 e. The molecule has 1 saturated heterocycles. The monoisotopic (exact) mass is 310 g/mol. The highest BCUT2D eigenvalue weighted by Crippen LogP contribution is 2.25. The molecule has 1 unspecified atom stereocenters. The van der Waals surface area contributed by atoms with Crippen LogP contribution in [-0.2, 0) is 0 Å². The van der Waals surface area contributed by atoms with Gasteiger partial charge in [0.2, 0.25) is 0 Å². The average Bonchev–Trinajstić information content (AvgIpc) is 2.49. The first-order chi connectivity index (χ1) is 10.5. The molecule has 0 aromatic rings. The van der Waals surface area contributed by atoms with Gasteiger partial charge in [0, 0.05) is 12.1 Å². The van der Waals surface area contributed by atoms with Crippen molar-refractivity contribution in [2.24, 2.45) is 5.92 Å². The van der Waals surface area contributed by atoms with Gasteiger partial charge in [-0.25, -0.2) is 0 Å². The van der Waals surface area contributed by atoms with Gasteiger partial charge in [-0.3, -0.25) is 4.90 Å². The zero-order valence-corrected chi connectivity index (χ0v) is 15.9. The quantitative estimate of drug-likeness (QED) is 0.526. The van der Waals surface area contributed by atoms with E-state index in [1.165, 1.54) is 90.4 Å². The van der Waals surface area contributed by atoms with Crippen molar-refractivity contribution in [1.29, 1.82) is 0 Å². The van der Waals surface area contributed by atoms with Crippen LogP contribution in [0.15, 0.2) is 0 Å². The molecule has 0 radical (unpaired) electrons. The van der Waals surface area contributed by atoms with Gasteiger partial charge in [0.25, 0.3) is 0 Å². The molecular weight excluding hydrogens is 268 g/mol. The molecule has 1 aliphatic heterocycles. The number of likely N-dealkylation sites (tertiary alicyclic amines) is 1. The molecule has 0 aromatic heterocycles. The molecule has 0 aromatic carbocycles. The van der Waals surface area contributed by atoms with Crippen molar-refractivity contribution >= 4 is 0 Å². The Labute approximate surface area is 140 Å². The van der Waals surface area contributed by atoms with Crippen LogP contribution in [0.5, 0.6) is 0 Å². The van der Waals surface area contributed by atoms with Gasteiger partial charge >= 0.3 is 0 Å². The number of piperidine rings is 1. The summed E-state index contributed by atoms with van der Waals surface area (Å²) in [6.45, 7) is 14.4. The Balaban J connectivity index is 1.94. The van der Waals surface area contributed by atoms with E-state index in [1.807, 2.05) is 0 Å². The largest absolute Gasteiger partial charge is 0.317 e. The highest BCUT2D eigenvalue weighted by molar-refractivity contribution is 4.82. The summed E-state index contributed by atoms with van der Waals surface area (Å²) in [6, 6.07) is 0. The first-order valence-corrected chi connectivity index (χ1v) is 10.00. The van der Waals surface area contributed by atoms with Gasteiger partial charge in [0.1, 0.15) is 0 Å². The molecule has 0 aliphatic carbocycles. The number of hydrogen-bond acceptors (Lipinski definition) is 2. The first-order valence-electron chi connectivity index (χ1n) is 10.00. The Morgan fingerprint density at radius 3 is 2.32 bits per heavy atom. The van der Waals surface area contributed by atoms with Crippen molar-refractivity contribution in [1.82, 2.24) is 10.2 Å². The molecular formula is C20H42N2. The second kappa shape index (κ2) is 11.5. The Morgan fingerprint density at radius 1 is 0.955 bits per heavy atom. The van der Waals surface area contributed by atoms with Crippen LogP contribution in [0.25, 0.3) is 0 Å². The summed E-state index contributed by atoms with van der Waals surface area (Å²) in [6.07, 6.45) is 14.1. The first kappa shape index (κ1) is 20.0. The van der Waals surface area contributed by atoms with Gasteiger partial charge in [0.15, 0.2) is 0 Å². The van der Waals surface area contributed by atoms with Crippen molar-refractivity contribution in [3.63, 3.8) is 0 Å². The molecule has 0 spiro atoms. The van der Waals surface area contributed by atoms with Crippen LogP contribution < -0.4 is 5.32 Å². The van der Waals surface area contributed by atoms with Crippen LogP contribution in [0.4, 0.5) is 0 Å². The molecule has 1 heterocycles. The van der Waals surface area contributed by atoms with Gasteiger partial charge in [-0.1, -0.05) is 45.4 Å². The van der Waals surface area contributed by atoms with Crippen LogP contribution in [0, 0.1) is 5.92 Å². The smallest absolute Gasteiger partial charge is 0.0125 e. The van der Waals surface area contributed by atoms with Gasteiger partial charge in [-0.15, -0.1) is 0 Å². The van der Waals surface area contributed by atoms with Gasteiger partial charge in [-0.2, -0.15) is 0 Å². The maximum atomic E-state index is 3.67. The standard InChI is InChI=1S/C20H42N2/c1-5-6-7-8-9-10-11-15-21-16-14-19-13-12-17-22(18-19)20(2,3)4/h19,21H,5-18H2,1-4H3. The number of nitrogens with zero attached hydrogens (tertiary/aromatic N) is 1. The Kier molecular flexibility index (Phi) is 10.4. The van der Waals surface area contributed by atoms with Crippen LogP contribution in [0.1, 0.15) is 91.9 Å². The molecule has 132 valence electrons. The van der Waals surface area contributed by atoms with E-state index >= 15 is 0 Å². The summed E-state index contributed by atoms with van der Waals surface area (Å²) >= 11 is 0. The van der Waals surface area contributed by atoms with Gasteiger partial charge in [-0.05, 0) is 72.0 Å². The number of hydrogen-bond donors (Lipinski definition) is 1. The normalized spacial score (nSPS) is 20.5. The minimum Gasteiger partial charge on any atom is -0.317 e. The van der Waals surface area contributed by atoms with Crippen molar-refractivity contribution in [2.75, 3.05) is 26.2 Å². The number of nitrogens with one attached hydrogen (secondary N) is 1. The van der Waals surface area contributed by atoms with E-state index in [2.05, 4.69) is 37.9 Å². The fourth-order valence-electron chi connectivity index (χ4n) is 3.55. The third-order valence-electron chi connectivity index (χ3n) is 5.15. The summed E-state index contributed by atoms with van der Waals surface area (Å²) in [5.74, 6) is 0.912. The Hall–Kier alpha value is -0.0800. The second-order valence-electron chi connectivity index (χ2n) is 8.29. The summed E-state index contributed by atoms with van der Waals surface area (Å²) in [5, 5.41) is 3.67. The van der Waals surface area contributed by atoms with E-state index in [0.29, 0.717) is 5.54 Å². The SMILES string of the molecule is CCCCCCCCCNCCC1CCCN(C(C)(C)C)C1. The molecule has 2 nitrogen and oxygen atoms in total. The van der Waals surface area contributed by atoms with E-state index in [4.69, 9.17) is 0 Å². The summed E-state index contributed by atoms with van der Waals surface area (Å²) in [4.78, 5) is 2.68. The highest BCUT2D eigenvalue weighted by atomic mass is 15.2. The van der Waals surface area contributed by atoms with E-state index in [1.54, 1.807) is 0 Å². The van der Waals surface area contributed by atoms with E-state index < -0.39 is 0 Å². The molecule has 1 rings (SSSR count). The summed E-state index contributed by atoms with van der Waals surface area (Å²) in [7, 11) is 0. The van der Waals surface area contributed by atoms with Crippen molar-refractivity contribution in [3.8, 4) is 0 Å². The number of rotatable bonds is 11. The molecule has 2 heteroatoms. The van der Waals surface area contributed by atoms with E-state index in [-0.39, 0.29) is 0 Å². The zero-order valence-electron chi connectivity index (χ0n) is 15.9. The molecule has 1 atom stereocenters. The lowest BCUT2D eigenvalue weighted by Crippen LogP contribution is -2.47. The third kappa shape index (κ3) is 9.15. The average molecular weight is 311 g/mol. The fourth-order valence-corrected chi connectivity index (χ4v) is 3.55.